The summed E-state index contributed by atoms with van der Waals surface area (Å²) in [5, 5.41) is 9.63. The first-order chi connectivity index (χ1) is 7.53. The second-order valence-electron chi connectivity index (χ2n) is 4.60. The average Bonchev–Trinajstić information content (AvgIpc) is 2.18. The predicted octanol–water partition coefficient (Wildman–Crippen LogP) is 0.224. The van der Waals surface area contributed by atoms with Crippen LogP contribution in [0.5, 0.6) is 0 Å². The highest BCUT2D eigenvalue weighted by molar-refractivity contribution is 5.41. The first-order valence-electron chi connectivity index (χ1n) is 5.56. The van der Waals surface area contributed by atoms with Gasteiger partial charge in [-0.3, -0.25) is 4.79 Å². The van der Waals surface area contributed by atoms with Crippen molar-refractivity contribution in [1.29, 1.82) is 0 Å². The maximum absolute atomic E-state index is 12.0. The monoisotopic (exact) mass is 223 g/mol. The lowest BCUT2D eigenvalue weighted by Crippen LogP contribution is -2.61. The lowest BCUT2D eigenvalue weighted by Gasteiger charge is -2.44. The van der Waals surface area contributed by atoms with Gasteiger partial charge in [-0.15, -0.1) is 0 Å². The molecule has 0 radical (unpaired) electrons. The number of aryl methyl sites for hydroxylation is 1. The van der Waals surface area contributed by atoms with Gasteiger partial charge in [-0.2, -0.15) is 0 Å². The molecule has 0 aliphatic carbocycles. The highest BCUT2D eigenvalue weighted by Gasteiger charge is 2.38. The molecule has 5 heteroatoms. The Labute approximate surface area is 94.3 Å². The summed E-state index contributed by atoms with van der Waals surface area (Å²) in [5.41, 5.74) is -0.751. The second-order valence-corrected chi connectivity index (χ2v) is 4.60. The van der Waals surface area contributed by atoms with E-state index in [2.05, 4.69) is 4.98 Å². The van der Waals surface area contributed by atoms with Gasteiger partial charge >= 0.3 is 0 Å². The summed E-state index contributed by atoms with van der Waals surface area (Å²) in [6.45, 7) is 5.45. The number of rotatable bonds is 3. The summed E-state index contributed by atoms with van der Waals surface area (Å²) in [7, 11) is 0. The first-order valence-corrected chi connectivity index (χ1v) is 5.56. The molecule has 16 heavy (non-hydrogen) atoms. The van der Waals surface area contributed by atoms with E-state index in [4.69, 9.17) is 0 Å². The molecule has 1 aromatic rings. The summed E-state index contributed by atoms with van der Waals surface area (Å²) in [6, 6.07) is 0. The fourth-order valence-electron chi connectivity index (χ4n) is 2.00. The van der Waals surface area contributed by atoms with Gasteiger partial charge < -0.3 is 14.6 Å². The van der Waals surface area contributed by atoms with Gasteiger partial charge in [0.25, 0.3) is 5.56 Å². The van der Waals surface area contributed by atoms with Crippen LogP contribution in [0.3, 0.4) is 0 Å². The van der Waals surface area contributed by atoms with Crippen molar-refractivity contribution in [2.45, 2.75) is 32.4 Å². The average molecular weight is 223 g/mol. The molecule has 0 atom stereocenters. The third-order valence-corrected chi connectivity index (χ3v) is 2.72. The minimum absolute atomic E-state index is 0.0696. The van der Waals surface area contributed by atoms with Crippen molar-refractivity contribution in [3.05, 3.63) is 22.7 Å². The molecule has 1 aliphatic rings. The molecule has 0 bridgehead atoms. The van der Waals surface area contributed by atoms with Crippen molar-refractivity contribution in [2.75, 3.05) is 18.0 Å². The predicted molar refractivity (Wildman–Crippen MR) is 61.6 cm³/mol. The van der Waals surface area contributed by atoms with E-state index in [0.29, 0.717) is 25.5 Å². The summed E-state index contributed by atoms with van der Waals surface area (Å²) in [6.07, 6.45) is 4.26. The molecule has 5 nitrogen and oxygen atoms in total. The van der Waals surface area contributed by atoms with Crippen LogP contribution in [0.1, 0.15) is 20.3 Å². The number of anilines is 1. The number of aromatic nitrogens is 2. The third-order valence-electron chi connectivity index (χ3n) is 2.72. The normalized spacial score (nSPS) is 18.3. The van der Waals surface area contributed by atoms with E-state index in [9.17, 15) is 9.90 Å². The van der Waals surface area contributed by atoms with Crippen LogP contribution < -0.4 is 10.5 Å². The molecule has 0 aromatic carbocycles. The van der Waals surface area contributed by atoms with Crippen LogP contribution >= 0.6 is 0 Å². The van der Waals surface area contributed by atoms with Crippen LogP contribution in [0.4, 0.5) is 5.82 Å². The van der Waals surface area contributed by atoms with Gasteiger partial charge in [-0.05, 0) is 13.3 Å². The fraction of sp³-hybridized carbons (Fsp3) is 0.636. The Morgan fingerprint density at radius 2 is 2.25 bits per heavy atom. The number of aliphatic hydroxyl groups is 1. The molecule has 2 heterocycles. The van der Waals surface area contributed by atoms with E-state index in [1.165, 1.54) is 0 Å². The molecule has 88 valence electrons. The van der Waals surface area contributed by atoms with Crippen molar-refractivity contribution in [2.24, 2.45) is 0 Å². The Morgan fingerprint density at radius 1 is 1.56 bits per heavy atom. The van der Waals surface area contributed by atoms with Crippen molar-refractivity contribution in [3.63, 3.8) is 0 Å². The molecule has 1 aliphatic heterocycles. The lowest BCUT2D eigenvalue weighted by molar-refractivity contribution is 0.0303. The highest BCUT2D eigenvalue weighted by atomic mass is 16.3. The third kappa shape index (κ3) is 1.95. The molecule has 1 N–H and O–H groups in total. The van der Waals surface area contributed by atoms with Crippen molar-refractivity contribution in [3.8, 4) is 0 Å². The van der Waals surface area contributed by atoms with E-state index in [-0.39, 0.29) is 5.56 Å². The number of hydrogen-bond donors (Lipinski definition) is 1. The number of β-amino-alcohol motifs (C(OH)–C–C–N with tert-alkyl or cyclic N) is 1. The van der Waals surface area contributed by atoms with Gasteiger partial charge in [-0.1, -0.05) is 6.92 Å². The molecule has 1 fully saturated rings. The molecular formula is C11H17N3O2. The van der Waals surface area contributed by atoms with Crippen molar-refractivity contribution >= 4 is 5.82 Å². The smallest absolute Gasteiger partial charge is 0.293 e. The Balaban J connectivity index is 2.23. The van der Waals surface area contributed by atoms with E-state index in [1.807, 2.05) is 11.8 Å². The molecule has 1 saturated heterocycles. The topological polar surface area (TPSA) is 58.4 Å². The van der Waals surface area contributed by atoms with Crippen LogP contribution in [-0.4, -0.2) is 33.3 Å². The minimum atomic E-state index is -0.681. The van der Waals surface area contributed by atoms with E-state index in [0.717, 1.165) is 6.42 Å². The molecule has 0 spiro atoms. The molecule has 0 unspecified atom stereocenters. The van der Waals surface area contributed by atoms with Crippen LogP contribution in [0.2, 0.25) is 0 Å². The van der Waals surface area contributed by atoms with Crippen LogP contribution in [0, 0.1) is 0 Å². The first kappa shape index (κ1) is 11.1. The van der Waals surface area contributed by atoms with Crippen LogP contribution in [0.25, 0.3) is 0 Å². The highest BCUT2D eigenvalue weighted by Crippen LogP contribution is 2.22. The SMILES string of the molecule is CCCn1ccnc(N2CC(C)(O)C2)c1=O. The van der Waals surface area contributed by atoms with Gasteiger partial charge in [0.1, 0.15) is 0 Å². The molecule has 0 amide bonds. The Bertz CT molecular complexity index is 431. The zero-order valence-corrected chi connectivity index (χ0v) is 9.68. The molecule has 1 aromatic heterocycles. The summed E-state index contributed by atoms with van der Waals surface area (Å²) >= 11 is 0. The fourth-order valence-corrected chi connectivity index (χ4v) is 2.00. The maximum atomic E-state index is 12.0. The van der Waals surface area contributed by atoms with Crippen molar-refractivity contribution < 1.29 is 5.11 Å². The summed E-state index contributed by atoms with van der Waals surface area (Å²) in [5.74, 6) is 0.447. The van der Waals surface area contributed by atoms with E-state index >= 15 is 0 Å². The molecular weight excluding hydrogens is 206 g/mol. The maximum Gasteiger partial charge on any atom is 0.293 e. The van der Waals surface area contributed by atoms with E-state index < -0.39 is 5.60 Å². The Morgan fingerprint density at radius 3 is 2.81 bits per heavy atom. The summed E-state index contributed by atoms with van der Waals surface area (Å²) in [4.78, 5) is 17.9. The zero-order valence-electron chi connectivity index (χ0n) is 9.68. The van der Waals surface area contributed by atoms with Gasteiger partial charge in [0.15, 0.2) is 5.82 Å². The van der Waals surface area contributed by atoms with Gasteiger partial charge in [0.2, 0.25) is 0 Å². The van der Waals surface area contributed by atoms with Gasteiger partial charge in [-0.25, -0.2) is 4.98 Å². The lowest BCUT2D eigenvalue weighted by atomic mass is 9.97. The molecule has 2 rings (SSSR count). The standard InChI is InChI=1S/C11H17N3O2/c1-3-5-13-6-4-12-9(10(13)15)14-7-11(2,16)8-14/h4,6,16H,3,5,7-8H2,1-2H3. The Kier molecular flexibility index (Phi) is 2.71. The largest absolute Gasteiger partial charge is 0.386 e. The van der Waals surface area contributed by atoms with Crippen molar-refractivity contribution in [1.82, 2.24) is 9.55 Å². The zero-order chi connectivity index (χ0) is 11.8. The quantitative estimate of drug-likeness (QED) is 0.796. The van der Waals surface area contributed by atoms with E-state index in [1.54, 1.807) is 23.9 Å². The second kappa shape index (κ2) is 3.90. The van der Waals surface area contributed by atoms with Crippen LogP contribution in [-0.2, 0) is 6.54 Å². The van der Waals surface area contributed by atoms with Gasteiger partial charge in [0, 0.05) is 32.0 Å². The van der Waals surface area contributed by atoms with Crippen LogP contribution in [0.15, 0.2) is 17.2 Å². The number of hydrogen-bond acceptors (Lipinski definition) is 4. The molecule has 0 saturated carbocycles. The number of nitrogens with zero attached hydrogens (tertiary/aromatic N) is 3. The van der Waals surface area contributed by atoms with Gasteiger partial charge in [0.05, 0.1) is 5.60 Å². The Hall–Kier alpha value is -1.36. The summed E-state index contributed by atoms with van der Waals surface area (Å²) < 4.78 is 1.66. The minimum Gasteiger partial charge on any atom is -0.386 e.